The van der Waals surface area contributed by atoms with E-state index in [4.69, 9.17) is 5.11 Å². The largest absolute Gasteiger partial charge is 0.477 e. The molecular weight excluding hydrogens is 267 g/mol. The van der Waals surface area contributed by atoms with Gasteiger partial charge in [0.05, 0.1) is 16.7 Å². The average molecular weight is 282 g/mol. The van der Waals surface area contributed by atoms with Crippen molar-refractivity contribution in [2.75, 3.05) is 11.4 Å². The lowest BCUT2D eigenvalue weighted by Gasteiger charge is -2.34. The minimum atomic E-state index is -1.44. The van der Waals surface area contributed by atoms with Gasteiger partial charge in [-0.1, -0.05) is 0 Å². The van der Waals surface area contributed by atoms with Crippen LogP contribution in [0.5, 0.6) is 0 Å². The smallest absolute Gasteiger partial charge is 0.342 e. The third kappa shape index (κ3) is 2.31. The second kappa shape index (κ2) is 4.73. The Balaban J connectivity index is 2.58. The van der Waals surface area contributed by atoms with Crippen molar-refractivity contribution in [1.29, 1.82) is 0 Å². The predicted molar refractivity (Wildman–Crippen MR) is 70.7 cm³/mol. The molecule has 1 heterocycles. The molecule has 0 aromatic heterocycles. The summed E-state index contributed by atoms with van der Waals surface area (Å²) < 4.78 is 14.1. The predicted octanol–water partition coefficient (Wildman–Crippen LogP) is 2.81. The summed E-state index contributed by atoms with van der Waals surface area (Å²) in [4.78, 5) is 22.8. The fourth-order valence-corrected chi connectivity index (χ4v) is 2.63. The van der Waals surface area contributed by atoms with Crippen molar-refractivity contribution in [3.05, 3.63) is 33.6 Å². The summed E-state index contributed by atoms with van der Waals surface area (Å²) >= 11 is 0. The Hall–Kier alpha value is -2.18. The second-order valence-electron chi connectivity index (χ2n) is 5.45. The molecule has 0 unspecified atom stereocenters. The van der Waals surface area contributed by atoms with Crippen molar-refractivity contribution in [3.8, 4) is 0 Å². The molecule has 0 saturated carbocycles. The zero-order valence-corrected chi connectivity index (χ0v) is 11.2. The molecule has 6 nitrogen and oxygen atoms in total. The molecule has 0 atom stereocenters. The van der Waals surface area contributed by atoms with Crippen molar-refractivity contribution in [3.63, 3.8) is 0 Å². The van der Waals surface area contributed by atoms with Crippen LogP contribution in [0.4, 0.5) is 15.8 Å². The van der Waals surface area contributed by atoms with Crippen LogP contribution < -0.4 is 4.90 Å². The number of nitro benzene ring substituents is 1. The Morgan fingerprint density at radius 1 is 1.50 bits per heavy atom. The van der Waals surface area contributed by atoms with E-state index in [-0.39, 0.29) is 11.2 Å². The van der Waals surface area contributed by atoms with E-state index < -0.39 is 28.0 Å². The third-order valence-corrected chi connectivity index (χ3v) is 3.68. The van der Waals surface area contributed by atoms with Crippen LogP contribution in [-0.2, 0) is 0 Å². The molecule has 0 aliphatic carbocycles. The number of nitro groups is 1. The standard InChI is InChI=1S/C13H15FN2O4/c1-13(2)4-3-5-15(13)11-6-8(12(17)18)10(16(19)20)7-9(11)14/h6-7H,3-5H2,1-2H3,(H,17,18). The first-order valence-electron chi connectivity index (χ1n) is 6.23. The molecule has 1 N–H and O–H groups in total. The topological polar surface area (TPSA) is 83.7 Å². The van der Waals surface area contributed by atoms with Crippen molar-refractivity contribution in [2.45, 2.75) is 32.2 Å². The Morgan fingerprint density at radius 3 is 2.60 bits per heavy atom. The van der Waals surface area contributed by atoms with Crippen LogP contribution in [0.3, 0.4) is 0 Å². The zero-order chi connectivity index (χ0) is 15.1. The van der Waals surface area contributed by atoms with Crippen LogP contribution in [-0.4, -0.2) is 28.1 Å². The molecule has 1 aliphatic heterocycles. The summed E-state index contributed by atoms with van der Waals surface area (Å²) in [5.41, 5.74) is -1.41. The molecule has 1 aromatic rings. The Kier molecular flexibility index (Phi) is 3.37. The molecule has 0 radical (unpaired) electrons. The van der Waals surface area contributed by atoms with Gasteiger partial charge in [-0.3, -0.25) is 10.1 Å². The number of carboxylic acids is 1. The number of rotatable bonds is 3. The van der Waals surface area contributed by atoms with E-state index in [9.17, 15) is 19.3 Å². The van der Waals surface area contributed by atoms with Gasteiger partial charge in [-0.15, -0.1) is 0 Å². The maximum absolute atomic E-state index is 14.1. The number of benzene rings is 1. The molecular formula is C13H15FN2O4. The van der Waals surface area contributed by atoms with Crippen LogP contribution in [0.25, 0.3) is 0 Å². The second-order valence-corrected chi connectivity index (χ2v) is 5.45. The molecule has 1 aliphatic rings. The molecule has 0 bridgehead atoms. The fourth-order valence-electron chi connectivity index (χ4n) is 2.63. The molecule has 0 spiro atoms. The number of carboxylic acid groups (broad SMARTS) is 1. The summed E-state index contributed by atoms with van der Waals surface area (Å²) in [6, 6.07) is 1.75. The third-order valence-electron chi connectivity index (χ3n) is 3.68. The molecule has 0 amide bonds. The van der Waals surface area contributed by atoms with E-state index in [2.05, 4.69) is 0 Å². The number of hydrogen-bond acceptors (Lipinski definition) is 4. The first kappa shape index (κ1) is 14.2. The Bertz CT molecular complexity index is 586. The molecule has 1 fully saturated rings. The van der Waals surface area contributed by atoms with E-state index in [1.54, 1.807) is 4.90 Å². The van der Waals surface area contributed by atoms with Gasteiger partial charge in [-0.2, -0.15) is 0 Å². The quantitative estimate of drug-likeness (QED) is 0.680. The van der Waals surface area contributed by atoms with E-state index in [1.807, 2.05) is 13.8 Å². The number of anilines is 1. The highest BCUT2D eigenvalue weighted by Gasteiger charge is 2.35. The maximum Gasteiger partial charge on any atom is 0.342 e. The SMILES string of the molecule is CC1(C)CCCN1c1cc(C(=O)O)c([N+](=O)[O-])cc1F. The van der Waals surface area contributed by atoms with Gasteiger partial charge in [-0.05, 0) is 32.8 Å². The van der Waals surface area contributed by atoms with Gasteiger partial charge in [-0.25, -0.2) is 9.18 Å². The van der Waals surface area contributed by atoms with Gasteiger partial charge in [0, 0.05) is 12.1 Å². The highest BCUT2D eigenvalue weighted by molar-refractivity contribution is 5.93. The highest BCUT2D eigenvalue weighted by atomic mass is 19.1. The Morgan fingerprint density at radius 2 is 2.15 bits per heavy atom. The maximum atomic E-state index is 14.1. The normalized spacial score (nSPS) is 17.2. The lowest BCUT2D eigenvalue weighted by molar-refractivity contribution is -0.385. The Labute approximate surface area is 115 Å². The summed E-state index contributed by atoms with van der Waals surface area (Å²) in [5.74, 6) is -2.20. The van der Waals surface area contributed by atoms with Gasteiger partial charge < -0.3 is 10.0 Å². The van der Waals surface area contributed by atoms with Gasteiger partial charge >= 0.3 is 5.97 Å². The van der Waals surface area contributed by atoms with Crippen molar-refractivity contribution >= 4 is 17.3 Å². The number of halogens is 1. The molecule has 7 heteroatoms. The monoisotopic (exact) mass is 282 g/mol. The number of carbonyl (C=O) groups is 1. The molecule has 1 saturated heterocycles. The fraction of sp³-hybridized carbons (Fsp3) is 0.462. The number of nitrogens with zero attached hydrogens (tertiary/aromatic N) is 2. The zero-order valence-electron chi connectivity index (χ0n) is 11.2. The van der Waals surface area contributed by atoms with Crippen molar-refractivity contribution < 1.29 is 19.2 Å². The van der Waals surface area contributed by atoms with Crippen molar-refractivity contribution in [1.82, 2.24) is 0 Å². The molecule has 108 valence electrons. The lowest BCUT2D eigenvalue weighted by atomic mass is 10.0. The molecule has 2 rings (SSSR count). The summed E-state index contributed by atoms with van der Waals surface area (Å²) in [7, 11) is 0. The number of aromatic carboxylic acids is 1. The summed E-state index contributed by atoms with van der Waals surface area (Å²) in [6.07, 6.45) is 1.72. The first-order valence-corrected chi connectivity index (χ1v) is 6.23. The van der Waals surface area contributed by atoms with E-state index in [1.165, 1.54) is 0 Å². The minimum absolute atomic E-state index is 0.107. The van der Waals surface area contributed by atoms with Crippen LogP contribution in [0.2, 0.25) is 0 Å². The van der Waals surface area contributed by atoms with Gasteiger partial charge in [0.15, 0.2) is 5.82 Å². The number of hydrogen-bond donors (Lipinski definition) is 1. The van der Waals surface area contributed by atoms with Crippen LogP contribution in [0, 0.1) is 15.9 Å². The van der Waals surface area contributed by atoms with E-state index in [0.29, 0.717) is 12.6 Å². The lowest BCUT2D eigenvalue weighted by Crippen LogP contribution is -2.38. The highest BCUT2D eigenvalue weighted by Crippen LogP contribution is 2.37. The van der Waals surface area contributed by atoms with Gasteiger partial charge in [0.2, 0.25) is 0 Å². The van der Waals surface area contributed by atoms with Crippen LogP contribution in [0.15, 0.2) is 12.1 Å². The summed E-state index contributed by atoms with van der Waals surface area (Å²) in [6.45, 7) is 4.46. The van der Waals surface area contributed by atoms with Crippen molar-refractivity contribution in [2.24, 2.45) is 0 Å². The molecule has 20 heavy (non-hydrogen) atoms. The minimum Gasteiger partial charge on any atom is -0.477 e. The first-order chi connectivity index (χ1) is 9.24. The van der Waals surface area contributed by atoms with E-state index >= 15 is 0 Å². The van der Waals surface area contributed by atoms with Crippen LogP contribution >= 0.6 is 0 Å². The summed E-state index contributed by atoms with van der Waals surface area (Å²) in [5, 5.41) is 19.9. The molecule has 1 aromatic carbocycles. The van der Waals surface area contributed by atoms with Gasteiger partial charge in [0.25, 0.3) is 5.69 Å². The van der Waals surface area contributed by atoms with Gasteiger partial charge in [0.1, 0.15) is 5.56 Å². The average Bonchev–Trinajstić information content (AvgIpc) is 2.68. The van der Waals surface area contributed by atoms with E-state index in [0.717, 1.165) is 18.9 Å². The van der Waals surface area contributed by atoms with Crippen LogP contribution in [0.1, 0.15) is 37.0 Å².